The number of rotatable bonds is 2. The van der Waals surface area contributed by atoms with Crippen LogP contribution in [0.1, 0.15) is 19.4 Å². The van der Waals surface area contributed by atoms with Gasteiger partial charge >= 0.3 is 17.9 Å². The van der Waals surface area contributed by atoms with Crippen LogP contribution in [0.15, 0.2) is 60.7 Å². The molecule has 1 aromatic carbocycles. The second-order valence-corrected chi connectivity index (χ2v) is 3.97. The van der Waals surface area contributed by atoms with Crippen molar-refractivity contribution in [3.63, 3.8) is 0 Å². The van der Waals surface area contributed by atoms with Crippen LogP contribution in [0.4, 0.5) is 0 Å². The number of aliphatic carboxylic acids is 1. The molecule has 1 aliphatic heterocycles. The first-order chi connectivity index (χ1) is 10.4. The third-order valence-electron chi connectivity index (χ3n) is 2.36. The summed E-state index contributed by atoms with van der Waals surface area (Å²) in [5.74, 6) is -2.00. The SMILES string of the molecule is C/C=C(\C)C(=O)O.C=Cc1ccccc1.O=C1C=CC(=O)O1. The van der Waals surface area contributed by atoms with E-state index >= 15 is 0 Å². The van der Waals surface area contributed by atoms with Crippen LogP contribution in [0.3, 0.4) is 0 Å². The molecule has 0 aliphatic carbocycles. The maximum absolute atomic E-state index is 9.92. The van der Waals surface area contributed by atoms with Gasteiger partial charge in [-0.2, -0.15) is 0 Å². The topological polar surface area (TPSA) is 80.7 Å². The average molecular weight is 302 g/mol. The maximum Gasteiger partial charge on any atom is 0.338 e. The quantitative estimate of drug-likeness (QED) is 0.516. The lowest BCUT2D eigenvalue weighted by atomic mass is 10.2. The predicted octanol–water partition coefficient (Wildman–Crippen LogP) is 2.99. The lowest BCUT2D eigenvalue weighted by Gasteiger charge is -1.85. The number of allylic oxidation sites excluding steroid dienone is 1. The van der Waals surface area contributed by atoms with E-state index in [2.05, 4.69) is 11.3 Å². The molecule has 0 amide bonds. The molecule has 0 spiro atoms. The van der Waals surface area contributed by atoms with Crippen molar-refractivity contribution >= 4 is 24.0 Å². The van der Waals surface area contributed by atoms with Crippen LogP contribution in [-0.4, -0.2) is 23.0 Å². The molecule has 5 nitrogen and oxygen atoms in total. The molecular weight excluding hydrogens is 284 g/mol. The van der Waals surface area contributed by atoms with Gasteiger partial charge in [0.05, 0.1) is 0 Å². The number of hydrogen-bond donors (Lipinski definition) is 1. The number of cyclic esters (lactones) is 2. The number of ether oxygens (including phenoxy) is 1. The molecule has 22 heavy (non-hydrogen) atoms. The lowest BCUT2D eigenvalue weighted by molar-refractivity contribution is -0.150. The minimum Gasteiger partial charge on any atom is -0.478 e. The molecule has 1 N–H and O–H groups in total. The summed E-state index contributed by atoms with van der Waals surface area (Å²) in [5.41, 5.74) is 1.56. The van der Waals surface area contributed by atoms with Gasteiger partial charge in [-0.3, -0.25) is 0 Å². The minimum atomic E-state index is -0.845. The Morgan fingerprint density at radius 3 is 1.82 bits per heavy atom. The van der Waals surface area contributed by atoms with Crippen LogP contribution in [0.2, 0.25) is 0 Å². The molecule has 0 radical (unpaired) electrons. The molecule has 0 aromatic heterocycles. The van der Waals surface area contributed by atoms with Gasteiger partial charge in [0, 0.05) is 17.7 Å². The second-order valence-electron chi connectivity index (χ2n) is 3.97. The Labute approximate surface area is 129 Å². The fourth-order valence-corrected chi connectivity index (χ4v) is 1.02. The smallest absolute Gasteiger partial charge is 0.338 e. The van der Waals surface area contributed by atoms with Crippen molar-refractivity contribution in [2.75, 3.05) is 0 Å². The number of carboxylic acids is 1. The molecule has 1 heterocycles. The highest BCUT2D eigenvalue weighted by molar-refractivity contribution is 6.04. The number of carbonyl (C=O) groups excluding carboxylic acids is 2. The molecule has 1 aromatic rings. The number of carboxylic acid groups (broad SMARTS) is 1. The Morgan fingerprint density at radius 2 is 1.64 bits per heavy atom. The zero-order valence-electron chi connectivity index (χ0n) is 12.5. The molecule has 2 rings (SSSR count). The number of esters is 2. The summed E-state index contributed by atoms with van der Waals surface area (Å²) in [6.07, 6.45) is 5.56. The third-order valence-corrected chi connectivity index (χ3v) is 2.36. The molecular formula is C17H18O5. The number of hydrogen-bond acceptors (Lipinski definition) is 4. The third kappa shape index (κ3) is 9.03. The first kappa shape index (κ1) is 19.1. The van der Waals surface area contributed by atoms with Gasteiger partial charge in [-0.25, -0.2) is 14.4 Å². The van der Waals surface area contributed by atoms with E-state index in [9.17, 15) is 14.4 Å². The molecule has 1 aliphatic rings. The largest absolute Gasteiger partial charge is 0.478 e. The molecule has 0 bridgehead atoms. The van der Waals surface area contributed by atoms with E-state index in [1.54, 1.807) is 19.9 Å². The highest BCUT2D eigenvalue weighted by Crippen LogP contribution is 1.97. The minimum absolute atomic E-state index is 0.389. The van der Waals surface area contributed by atoms with Crippen LogP contribution in [-0.2, 0) is 19.1 Å². The number of benzene rings is 1. The van der Waals surface area contributed by atoms with E-state index in [4.69, 9.17) is 5.11 Å². The first-order valence-electron chi connectivity index (χ1n) is 6.38. The molecule has 116 valence electrons. The summed E-state index contributed by atoms with van der Waals surface area (Å²) >= 11 is 0. The average Bonchev–Trinajstić information content (AvgIpc) is 2.91. The molecule has 0 fully saturated rings. The van der Waals surface area contributed by atoms with Crippen molar-refractivity contribution in [1.29, 1.82) is 0 Å². The normalized spacial score (nSPS) is 12.4. The van der Waals surface area contributed by atoms with Gasteiger partial charge in [-0.05, 0) is 19.4 Å². The molecule has 0 unspecified atom stereocenters. The number of carbonyl (C=O) groups is 3. The Kier molecular flexibility index (Phi) is 9.35. The van der Waals surface area contributed by atoms with Gasteiger partial charge in [0.25, 0.3) is 0 Å². The monoisotopic (exact) mass is 302 g/mol. The second kappa shape index (κ2) is 10.8. The van der Waals surface area contributed by atoms with Crippen LogP contribution >= 0.6 is 0 Å². The highest BCUT2D eigenvalue weighted by atomic mass is 16.6. The van der Waals surface area contributed by atoms with Gasteiger partial charge in [-0.15, -0.1) is 0 Å². The Bertz CT molecular complexity index is 564. The zero-order chi connectivity index (χ0) is 17.0. The van der Waals surface area contributed by atoms with Crippen molar-refractivity contribution in [2.24, 2.45) is 0 Å². The maximum atomic E-state index is 9.92. The van der Waals surface area contributed by atoms with E-state index in [0.29, 0.717) is 5.57 Å². The van der Waals surface area contributed by atoms with Gasteiger partial charge in [0.2, 0.25) is 0 Å². The van der Waals surface area contributed by atoms with E-state index in [-0.39, 0.29) is 0 Å². The standard InChI is InChI=1S/C8H8.C5H8O2.C4H2O3/c1-2-8-6-4-3-5-7-8;1-3-4(2)5(6)7;5-3-1-2-4(6)7-3/h2-7H,1H2;3H,1-2H3,(H,6,7);1-2H/b;4-3+;. The van der Waals surface area contributed by atoms with Gasteiger partial charge in [0.15, 0.2) is 0 Å². The molecule has 0 saturated carbocycles. The summed E-state index contributed by atoms with van der Waals surface area (Å²) < 4.78 is 3.97. The van der Waals surface area contributed by atoms with Crippen molar-refractivity contribution in [1.82, 2.24) is 0 Å². The summed E-state index contributed by atoms with van der Waals surface area (Å²) in [6.45, 7) is 6.89. The van der Waals surface area contributed by atoms with Crippen molar-refractivity contribution in [3.8, 4) is 0 Å². The fourth-order valence-electron chi connectivity index (χ4n) is 1.02. The van der Waals surface area contributed by atoms with E-state index in [1.807, 2.05) is 36.4 Å². The fraction of sp³-hybridized carbons (Fsp3) is 0.118. The first-order valence-corrected chi connectivity index (χ1v) is 6.38. The Hall–Kier alpha value is -2.95. The zero-order valence-corrected chi connectivity index (χ0v) is 12.5. The van der Waals surface area contributed by atoms with Crippen LogP contribution < -0.4 is 0 Å². The molecule has 0 atom stereocenters. The summed E-state index contributed by atoms with van der Waals surface area (Å²) in [7, 11) is 0. The van der Waals surface area contributed by atoms with Crippen molar-refractivity contribution in [2.45, 2.75) is 13.8 Å². The Balaban J connectivity index is 0.000000302. The van der Waals surface area contributed by atoms with E-state index < -0.39 is 17.9 Å². The van der Waals surface area contributed by atoms with Gasteiger partial charge in [0.1, 0.15) is 0 Å². The predicted molar refractivity (Wildman–Crippen MR) is 83.8 cm³/mol. The van der Waals surface area contributed by atoms with Crippen LogP contribution in [0, 0.1) is 0 Å². The lowest BCUT2D eigenvalue weighted by Crippen LogP contribution is -1.96. The summed E-state index contributed by atoms with van der Waals surface area (Å²) in [6, 6.07) is 10.0. The van der Waals surface area contributed by atoms with Crippen LogP contribution in [0.5, 0.6) is 0 Å². The summed E-state index contributed by atoms with van der Waals surface area (Å²) in [5, 5.41) is 8.11. The molecule has 5 heteroatoms. The van der Waals surface area contributed by atoms with Gasteiger partial charge in [-0.1, -0.05) is 49.1 Å². The molecule has 0 saturated heterocycles. The van der Waals surface area contributed by atoms with E-state index in [1.165, 1.54) is 5.56 Å². The van der Waals surface area contributed by atoms with Gasteiger partial charge < -0.3 is 9.84 Å². The van der Waals surface area contributed by atoms with Crippen LogP contribution in [0.25, 0.3) is 6.08 Å². The highest BCUT2D eigenvalue weighted by Gasteiger charge is 2.10. The van der Waals surface area contributed by atoms with Crippen molar-refractivity contribution < 1.29 is 24.2 Å². The summed E-state index contributed by atoms with van der Waals surface area (Å²) in [4.78, 5) is 29.7. The van der Waals surface area contributed by atoms with Crippen molar-refractivity contribution in [3.05, 3.63) is 66.3 Å². The van der Waals surface area contributed by atoms with E-state index in [0.717, 1.165) is 12.2 Å². The Morgan fingerprint density at radius 1 is 1.14 bits per heavy atom.